The third-order valence-electron chi connectivity index (χ3n) is 9.80. The molecule has 2 fully saturated rings. The first-order chi connectivity index (χ1) is 19.8. The summed E-state index contributed by atoms with van der Waals surface area (Å²) in [5.74, 6) is 1.69. The van der Waals surface area contributed by atoms with Crippen LogP contribution < -0.4 is 4.74 Å². The predicted molar refractivity (Wildman–Crippen MR) is 162 cm³/mol. The lowest BCUT2D eigenvalue weighted by Gasteiger charge is -2.46. The maximum atomic E-state index is 14.1. The van der Waals surface area contributed by atoms with Crippen LogP contribution in [0.1, 0.15) is 95.2 Å². The fourth-order valence-electron chi connectivity index (χ4n) is 7.09. The summed E-state index contributed by atoms with van der Waals surface area (Å²) in [7, 11) is 1.65. The first-order valence-corrected chi connectivity index (χ1v) is 15.5. The number of rotatable bonds is 11. The van der Waals surface area contributed by atoms with Crippen molar-refractivity contribution < 1.29 is 27.8 Å². The third-order valence-corrected chi connectivity index (χ3v) is 9.80. The van der Waals surface area contributed by atoms with Crippen molar-refractivity contribution in [2.75, 3.05) is 33.4 Å². The van der Waals surface area contributed by atoms with Gasteiger partial charge in [0.2, 0.25) is 0 Å². The number of ether oxygens (including phenoxy) is 2. The predicted octanol–water partition coefficient (Wildman–Crippen LogP) is 8.27. The van der Waals surface area contributed by atoms with Crippen LogP contribution in [0.4, 0.5) is 13.2 Å². The van der Waals surface area contributed by atoms with Gasteiger partial charge in [0.15, 0.2) is 0 Å². The number of halogens is 3. The number of alkyl halides is 3. The van der Waals surface area contributed by atoms with Gasteiger partial charge in [-0.05, 0) is 120 Å². The van der Waals surface area contributed by atoms with Crippen molar-refractivity contribution in [1.29, 1.82) is 0 Å². The number of nitrogens with zero attached hydrogens (tertiary/aromatic N) is 1. The van der Waals surface area contributed by atoms with E-state index in [0.29, 0.717) is 31.5 Å². The van der Waals surface area contributed by atoms with Crippen LogP contribution in [0.25, 0.3) is 0 Å². The van der Waals surface area contributed by atoms with Crippen LogP contribution in [0, 0.1) is 11.3 Å². The molecule has 1 atom stereocenters. The minimum atomic E-state index is -4.29. The lowest BCUT2D eigenvalue weighted by molar-refractivity contribution is -0.217. The molecule has 234 valence electrons. The first-order valence-electron chi connectivity index (χ1n) is 15.5. The molecule has 2 aliphatic rings. The Morgan fingerprint density at radius 1 is 0.976 bits per heavy atom. The van der Waals surface area contributed by atoms with Gasteiger partial charge in [0.25, 0.3) is 0 Å². The van der Waals surface area contributed by atoms with Crippen LogP contribution in [0.5, 0.6) is 5.75 Å². The van der Waals surface area contributed by atoms with Gasteiger partial charge in [-0.2, -0.15) is 13.2 Å². The molecule has 0 bridgehead atoms. The van der Waals surface area contributed by atoms with Crippen molar-refractivity contribution >= 4 is 0 Å². The van der Waals surface area contributed by atoms with Crippen molar-refractivity contribution in [2.24, 2.45) is 11.3 Å². The quantitative estimate of drug-likeness (QED) is 0.287. The normalized spacial score (nSPS) is 25.0. The monoisotopic (exact) mass is 589 g/mol. The van der Waals surface area contributed by atoms with Gasteiger partial charge in [-0.25, -0.2) is 0 Å². The summed E-state index contributed by atoms with van der Waals surface area (Å²) in [6.07, 6.45) is 2.31. The summed E-state index contributed by atoms with van der Waals surface area (Å²) in [6, 6.07) is 16.7. The van der Waals surface area contributed by atoms with Gasteiger partial charge in [-0.15, -0.1) is 0 Å². The van der Waals surface area contributed by atoms with Gasteiger partial charge in [0, 0.05) is 31.7 Å². The molecular weight excluding hydrogens is 539 g/mol. The summed E-state index contributed by atoms with van der Waals surface area (Å²) in [5.41, 5.74) is 1.16. The van der Waals surface area contributed by atoms with E-state index in [1.165, 1.54) is 25.0 Å². The molecule has 1 saturated carbocycles. The Balaban J connectivity index is 1.54. The number of aliphatic hydroxyl groups is 1. The van der Waals surface area contributed by atoms with Crippen LogP contribution >= 0.6 is 0 Å². The Labute approximate surface area is 250 Å². The van der Waals surface area contributed by atoms with E-state index in [2.05, 4.69) is 50.2 Å². The zero-order valence-electron chi connectivity index (χ0n) is 26.1. The molecule has 4 rings (SSSR count). The Kier molecular flexibility index (Phi) is 10.4. The van der Waals surface area contributed by atoms with E-state index in [0.717, 1.165) is 56.3 Å². The van der Waals surface area contributed by atoms with Crippen molar-refractivity contribution in [3.63, 3.8) is 0 Å². The van der Waals surface area contributed by atoms with E-state index < -0.39 is 11.6 Å². The minimum Gasteiger partial charge on any atom is -0.497 e. The van der Waals surface area contributed by atoms with Crippen molar-refractivity contribution in [1.82, 2.24) is 4.90 Å². The number of aliphatic hydroxyl groups excluding tert-OH is 1. The van der Waals surface area contributed by atoms with Gasteiger partial charge in [-0.3, -0.25) is 4.90 Å². The second-order valence-corrected chi connectivity index (χ2v) is 14.0. The molecule has 4 nitrogen and oxygen atoms in total. The average molecular weight is 590 g/mol. The van der Waals surface area contributed by atoms with Crippen molar-refractivity contribution in [3.8, 4) is 5.75 Å². The van der Waals surface area contributed by atoms with Gasteiger partial charge < -0.3 is 14.6 Å². The SMILES string of the molecule is COc1ccc([C@]2(CCN(Cc3ccc([C@H]4CC[C@H](CO)CC4)cc3)CC(C)(C)C(F)(F)F)CCOC(C)(C)C2)cc1. The smallest absolute Gasteiger partial charge is 0.395 e. The second-order valence-electron chi connectivity index (χ2n) is 14.0. The minimum absolute atomic E-state index is 0.0675. The Morgan fingerprint density at radius 3 is 2.17 bits per heavy atom. The number of methoxy groups -OCH3 is 1. The first kappa shape index (κ1) is 32.8. The highest BCUT2D eigenvalue weighted by atomic mass is 19.4. The summed E-state index contributed by atoms with van der Waals surface area (Å²) in [4.78, 5) is 2.00. The van der Waals surface area contributed by atoms with Crippen molar-refractivity contribution in [3.05, 3.63) is 65.2 Å². The van der Waals surface area contributed by atoms with Crippen molar-refractivity contribution in [2.45, 2.75) is 102 Å². The van der Waals surface area contributed by atoms with Gasteiger partial charge in [0.05, 0.1) is 18.1 Å². The molecular formula is C35H50F3NO3. The van der Waals surface area contributed by atoms with E-state index >= 15 is 0 Å². The molecule has 7 heteroatoms. The number of hydrogen-bond donors (Lipinski definition) is 1. The lowest BCUT2D eigenvalue weighted by atomic mass is 9.67. The molecule has 0 spiro atoms. The zero-order valence-corrected chi connectivity index (χ0v) is 26.1. The maximum absolute atomic E-state index is 14.1. The second kappa shape index (κ2) is 13.3. The van der Waals surface area contributed by atoms with E-state index in [4.69, 9.17) is 9.47 Å². The molecule has 1 aliphatic heterocycles. The van der Waals surface area contributed by atoms with E-state index in [-0.39, 0.29) is 24.2 Å². The maximum Gasteiger partial charge on any atom is 0.395 e. The molecule has 2 aromatic carbocycles. The van der Waals surface area contributed by atoms with E-state index in [9.17, 15) is 18.3 Å². The van der Waals surface area contributed by atoms with Crippen LogP contribution in [-0.2, 0) is 16.7 Å². The largest absolute Gasteiger partial charge is 0.497 e. The molecule has 0 aromatic heterocycles. The molecule has 0 radical (unpaired) electrons. The summed E-state index contributed by atoms with van der Waals surface area (Å²) in [5, 5.41) is 9.47. The van der Waals surface area contributed by atoms with Crippen LogP contribution in [0.15, 0.2) is 48.5 Å². The van der Waals surface area contributed by atoms with Gasteiger partial charge in [-0.1, -0.05) is 36.4 Å². The fourth-order valence-corrected chi connectivity index (χ4v) is 7.09. The molecule has 2 aromatic rings. The van der Waals surface area contributed by atoms with Crippen LogP contribution in [0.3, 0.4) is 0 Å². The topological polar surface area (TPSA) is 41.9 Å². The molecule has 1 saturated heterocycles. The van der Waals surface area contributed by atoms with Gasteiger partial charge >= 0.3 is 6.18 Å². The lowest BCUT2D eigenvalue weighted by Crippen LogP contribution is -2.47. The summed E-state index contributed by atoms with van der Waals surface area (Å²) < 4.78 is 53.7. The zero-order chi connectivity index (χ0) is 30.6. The van der Waals surface area contributed by atoms with Crippen LogP contribution in [-0.4, -0.2) is 55.2 Å². The summed E-state index contributed by atoms with van der Waals surface area (Å²) in [6.45, 7) is 8.66. The van der Waals surface area contributed by atoms with E-state index in [1.54, 1.807) is 7.11 Å². The Bertz CT molecular complexity index is 1120. The molecule has 42 heavy (non-hydrogen) atoms. The Hall–Kier alpha value is -2.09. The highest BCUT2D eigenvalue weighted by Crippen LogP contribution is 2.45. The highest BCUT2D eigenvalue weighted by molar-refractivity contribution is 5.33. The van der Waals surface area contributed by atoms with E-state index in [1.807, 2.05) is 17.0 Å². The average Bonchev–Trinajstić information content (AvgIpc) is 2.95. The molecule has 1 N–H and O–H groups in total. The molecule has 0 unspecified atom stereocenters. The summed E-state index contributed by atoms with van der Waals surface area (Å²) >= 11 is 0. The van der Waals surface area contributed by atoms with Crippen LogP contribution in [0.2, 0.25) is 0 Å². The number of hydrogen-bond acceptors (Lipinski definition) is 4. The standard InChI is InChI=1S/C35H50F3NO3/c1-32(2,35(36,37)38)25-39(22-26-6-10-28(11-7-26)29-12-8-27(23-40)9-13-29)20-18-34(19-21-42-33(3,4)24-34)30-14-16-31(41-5)17-15-30/h6-7,10-11,14-17,27,29,40H,8-9,12-13,18-25H2,1-5H3/t27-,29-,34-/m1/s1. The Morgan fingerprint density at radius 2 is 1.62 bits per heavy atom. The number of benzene rings is 2. The third kappa shape index (κ3) is 8.09. The molecule has 1 heterocycles. The molecule has 0 amide bonds. The fraction of sp³-hybridized carbons (Fsp3) is 0.657. The highest BCUT2D eigenvalue weighted by Gasteiger charge is 2.48. The molecule has 1 aliphatic carbocycles. The van der Waals surface area contributed by atoms with Gasteiger partial charge in [0.1, 0.15) is 5.75 Å².